The SMILES string of the molecule is Cc1nc2ccc(C(=O)N3CCC(n4cc(-c5ccccc5)nn4)C3)cc2s1. The molecular weight excluding hydrogens is 370 g/mol. The number of amides is 1. The summed E-state index contributed by atoms with van der Waals surface area (Å²) in [5.74, 6) is 0.0684. The number of aryl methyl sites for hydroxylation is 1. The Balaban J connectivity index is 1.32. The van der Waals surface area contributed by atoms with E-state index in [2.05, 4.69) is 15.3 Å². The lowest BCUT2D eigenvalue weighted by atomic mass is 10.2. The Morgan fingerprint density at radius 3 is 2.89 bits per heavy atom. The van der Waals surface area contributed by atoms with Crippen molar-refractivity contribution in [2.45, 2.75) is 19.4 Å². The third kappa shape index (κ3) is 3.07. The third-order valence-corrected chi connectivity index (χ3v) is 6.08. The lowest BCUT2D eigenvalue weighted by Gasteiger charge is -2.16. The largest absolute Gasteiger partial charge is 0.336 e. The van der Waals surface area contributed by atoms with Crippen LogP contribution < -0.4 is 0 Å². The van der Waals surface area contributed by atoms with Crippen LogP contribution in [0.1, 0.15) is 27.8 Å². The van der Waals surface area contributed by atoms with Gasteiger partial charge in [-0.3, -0.25) is 4.79 Å². The quantitative estimate of drug-likeness (QED) is 0.532. The molecule has 6 nitrogen and oxygen atoms in total. The van der Waals surface area contributed by atoms with E-state index in [9.17, 15) is 4.79 Å². The van der Waals surface area contributed by atoms with Crippen molar-refractivity contribution in [2.75, 3.05) is 13.1 Å². The van der Waals surface area contributed by atoms with Crippen LogP contribution in [0.5, 0.6) is 0 Å². The maximum absolute atomic E-state index is 13.0. The first-order valence-corrected chi connectivity index (χ1v) is 10.1. The fourth-order valence-electron chi connectivity index (χ4n) is 3.69. The number of fused-ring (bicyclic) bond motifs is 1. The van der Waals surface area contributed by atoms with Gasteiger partial charge in [0.1, 0.15) is 5.69 Å². The number of hydrogen-bond acceptors (Lipinski definition) is 5. The highest BCUT2D eigenvalue weighted by atomic mass is 32.1. The maximum atomic E-state index is 13.0. The molecule has 140 valence electrons. The van der Waals surface area contributed by atoms with E-state index in [0.29, 0.717) is 6.54 Å². The zero-order valence-corrected chi connectivity index (χ0v) is 16.3. The summed E-state index contributed by atoms with van der Waals surface area (Å²) >= 11 is 1.62. The highest BCUT2D eigenvalue weighted by molar-refractivity contribution is 7.18. The average molecular weight is 389 g/mol. The maximum Gasteiger partial charge on any atom is 0.253 e. The number of aromatic nitrogens is 4. The molecule has 0 radical (unpaired) electrons. The van der Waals surface area contributed by atoms with Gasteiger partial charge in [-0.15, -0.1) is 16.4 Å². The molecule has 1 amide bonds. The number of thiazole rings is 1. The van der Waals surface area contributed by atoms with Gasteiger partial charge >= 0.3 is 0 Å². The minimum absolute atomic E-state index is 0.0684. The van der Waals surface area contributed by atoms with Crippen molar-refractivity contribution in [3.63, 3.8) is 0 Å². The second-order valence-corrected chi connectivity index (χ2v) is 8.29. The second kappa shape index (κ2) is 6.83. The Morgan fingerprint density at radius 2 is 2.04 bits per heavy atom. The second-order valence-electron chi connectivity index (χ2n) is 7.06. The van der Waals surface area contributed by atoms with E-state index in [-0.39, 0.29) is 11.9 Å². The summed E-state index contributed by atoms with van der Waals surface area (Å²) in [6.45, 7) is 3.36. The Hall–Kier alpha value is -3.06. The van der Waals surface area contributed by atoms with E-state index >= 15 is 0 Å². The molecule has 1 aliphatic rings. The minimum Gasteiger partial charge on any atom is -0.336 e. The smallest absolute Gasteiger partial charge is 0.253 e. The molecule has 2 aromatic carbocycles. The van der Waals surface area contributed by atoms with Crippen molar-refractivity contribution in [3.05, 3.63) is 65.3 Å². The Bertz CT molecular complexity index is 1150. The highest BCUT2D eigenvalue weighted by Crippen LogP contribution is 2.27. The minimum atomic E-state index is 0.0684. The van der Waals surface area contributed by atoms with Gasteiger partial charge in [0.15, 0.2) is 0 Å². The van der Waals surface area contributed by atoms with Crippen molar-refractivity contribution in [2.24, 2.45) is 0 Å². The standard InChI is InChI=1S/C21H19N5OS/c1-14-22-18-8-7-16(11-20(18)28-14)21(27)25-10-9-17(12-25)26-13-19(23-24-26)15-5-3-2-4-6-15/h2-8,11,13,17H,9-10,12H2,1H3. The van der Waals surface area contributed by atoms with E-state index in [1.54, 1.807) is 11.3 Å². The molecule has 0 aliphatic carbocycles. The number of benzene rings is 2. The molecule has 1 atom stereocenters. The predicted octanol–water partition coefficient (Wildman–Crippen LogP) is 3.95. The lowest BCUT2D eigenvalue weighted by molar-refractivity contribution is 0.0787. The predicted molar refractivity (Wildman–Crippen MR) is 109 cm³/mol. The van der Waals surface area contributed by atoms with E-state index in [0.717, 1.165) is 45.0 Å². The molecule has 0 N–H and O–H groups in total. The third-order valence-electron chi connectivity index (χ3n) is 5.15. The summed E-state index contributed by atoms with van der Waals surface area (Å²) in [6.07, 6.45) is 2.85. The first kappa shape index (κ1) is 17.1. The van der Waals surface area contributed by atoms with Crippen LogP contribution in [-0.4, -0.2) is 43.9 Å². The molecular formula is C21H19N5OS. The zero-order chi connectivity index (χ0) is 19.1. The fraction of sp³-hybridized carbons (Fsp3) is 0.238. The molecule has 0 saturated carbocycles. The van der Waals surface area contributed by atoms with Crippen LogP contribution in [0.4, 0.5) is 0 Å². The van der Waals surface area contributed by atoms with E-state index < -0.39 is 0 Å². The van der Waals surface area contributed by atoms with Crippen molar-refractivity contribution >= 4 is 27.5 Å². The molecule has 7 heteroatoms. The molecule has 5 rings (SSSR count). The molecule has 1 saturated heterocycles. The lowest BCUT2D eigenvalue weighted by Crippen LogP contribution is -2.29. The molecule has 1 fully saturated rings. The first-order valence-electron chi connectivity index (χ1n) is 9.31. The first-order chi connectivity index (χ1) is 13.7. The van der Waals surface area contributed by atoms with Crippen LogP contribution in [0.2, 0.25) is 0 Å². The number of rotatable bonds is 3. The topological polar surface area (TPSA) is 63.9 Å². The van der Waals surface area contributed by atoms with Crippen molar-refractivity contribution in [1.82, 2.24) is 24.9 Å². The summed E-state index contributed by atoms with van der Waals surface area (Å²) < 4.78 is 2.95. The number of carbonyl (C=O) groups excluding carboxylic acids is 1. The van der Waals surface area contributed by atoms with E-state index in [1.165, 1.54) is 0 Å². The van der Waals surface area contributed by atoms with Gasteiger partial charge in [0.2, 0.25) is 0 Å². The van der Waals surface area contributed by atoms with Gasteiger partial charge in [-0.05, 0) is 31.5 Å². The molecule has 2 aromatic heterocycles. The Labute approximate surface area is 166 Å². The number of hydrogen-bond donors (Lipinski definition) is 0. The van der Waals surface area contributed by atoms with Crippen molar-refractivity contribution in [1.29, 1.82) is 0 Å². The van der Waals surface area contributed by atoms with Crippen LogP contribution in [0.25, 0.3) is 21.5 Å². The van der Waals surface area contributed by atoms with Crippen molar-refractivity contribution < 1.29 is 4.79 Å². The van der Waals surface area contributed by atoms with Crippen molar-refractivity contribution in [3.8, 4) is 11.3 Å². The summed E-state index contributed by atoms with van der Waals surface area (Å²) in [7, 11) is 0. The molecule has 3 heterocycles. The Morgan fingerprint density at radius 1 is 1.18 bits per heavy atom. The molecule has 0 bridgehead atoms. The van der Waals surface area contributed by atoms with Gasteiger partial charge < -0.3 is 4.90 Å². The molecule has 1 unspecified atom stereocenters. The van der Waals surface area contributed by atoms with Crippen LogP contribution in [0, 0.1) is 6.92 Å². The van der Waals surface area contributed by atoms with Crippen LogP contribution >= 0.6 is 11.3 Å². The number of likely N-dealkylation sites (tertiary alicyclic amines) is 1. The van der Waals surface area contributed by atoms with E-state index in [4.69, 9.17) is 0 Å². The fourth-order valence-corrected chi connectivity index (χ4v) is 4.56. The normalized spacial score (nSPS) is 16.8. The van der Waals surface area contributed by atoms with Crippen LogP contribution in [-0.2, 0) is 0 Å². The average Bonchev–Trinajstić information content (AvgIpc) is 3.45. The van der Waals surface area contributed by atoms with Crippen LogP contribution in [0.15, 0.2) is 54.7 Å². The molecule has 28 heavy (non-hydrogen) atoms. The summed E-state index contributed by atoms with van der Waals surface area (Å²) in [4.78, 5) is 19.3. The van der Waals surface area contributed by atoms with Gasteiger partial charge in [-0.25, -0.2) is 9.67 Å². The monoisotopic (exact) mass is 389 g/mol. The number of carbonyl (C=O) groups is 1. The number of nitrogens with zero attached hydrogens (tertiary/aromatic N) is 5. The van der Waals surface area contributed by atoms with E-state index in [1.807, 2.05) is 71.2 Å². The van der Waals surface area contributed by atoms with Gasteiger partial charge in [-0.2, -0.15) is 0 Å². The van der Waals surface area contributed by atoms with Crippen LogP contribution in [0.3, 0.4) is 0 Å². The molecule has 1 aliphatic heterocycles. The van der Waals surface area contributed by atoms with Gasteiger partial charge in [0, 0.05) is 24.2 Å². The summed E-state index contributed by atoms with van der Waals surface area (Å²) in [5.41, 5.74) is 3.58. The highest BCUT2D eigenvalue weighted by Gasteiger charge is 2.29. The Kier molecular flexibility index (Phi) is 4.16. The van der Waals surface area contributed by atoms with Gasteiger partial charge in [0.05, 0.1) is 27.5 Å². The summed E-state index contributed by atoms with van der Waals surface area (Å²) in [5, 5.41) is 9.62. The summed E-state index contributed by atoms with van der Waals surface area (Å²) in [6, 6.07) is 15.9. The van der Waals surface area contributed by atoms with Gasteiger partial charge in [-0.1, -0.05) is 35.5 Å². The molecule has 0 spiro atoms. The zero-order valence-electron chi connectivity index (χ0n) is 15.4. The van der Waals surface area contributed by atoms with Gasteiger partial charge in [0.25, 0.3) is 5.91 Å². The molecule has 4 aromatic rings.